The van der Waals surface area contributed by atoms with Gasteiger partial charge in [-0.15, -0.1) is 11.7 Å². The van der Waals surface area contributed by atoms with Gasteiger partial charge in [-0.05, 0) is 35.4 Å². The third kappa shape index (κ3) is 4.89. The molecule has 0 N–H and O–H groups in total. The Morgan fingerprint density at radius 2 is 2.06 bits per heavy atom. The Morgan fingerprint density at radius 3 is 2.74 bits per heavy atom. The number of benzene rings is 1. The smallest absolute Gasteiger partial charge is 0.173 e. The summed E-state index contributed by atoms with van der Waals surface area (Å²) in [6.45, 7) is 9.98. The maximum atomic E-state index is 5.84. The van der Waals surface area contributed by atoms with Crippen molar-refractivity contribution < 1.29 is 14.2 Å². The second-order valence-corrected chi connectivity index (χ2v) is 7.99. The minimum absolute atomic E-state index is 0.122. The highest BCUT2D eigenvalue weighted by Crippen LogP contribution is 2.36. The van der Waals surface area contributed by atoms with Gasteiger partial charge in [-0.3, -0.25) is 9.80 Å². The Labute approximate surface area is 183 Å². The molecule has 2 atom stereocenters. The number of ether oxygens (including phenoxy) is 3. The first-order chi connectivity index (χ1) is 15.2. The van der Waals surface area contributed by atoms with Gasteiger partial charge in [0.25, 0.3) is 0 Å². The van der Waals surface area contributed by atoms with Crippen molar-refractivity contribution >= 4 is 0 Å². The summed E-state index contributed by atoms with van der Waals surface area (Å²) in [7, 11) is 3.35. The van der Waals surface area contributed by atoms with E-state index in [2.05, 4.69) is 38.0 Å². The molecule has 1 aromatic heterocycles. The van der Waals surface area contributed by atoms with Crippen molar-refractivity contribution in [2.75, 3.05) is 53.6 Å². The molecule has 2 aromatic rings. The molecule has 2 aliphatic rings. The lowest BCUT2D eigenvalue weighted by molar-refractivity contribution is 0.0865. The summed E-state index contributed by atoms with van der Waals surface area (Å²) in [4.78, 5) is 4.84. The molecule has 4 rings (SSSR count). The van der Waals surface area contributed by atoms with Crippen LogP contribution in [0.5, 0.6) is 11.5 Å². The third-order valence-corrected chi connectivity index (χ3v) is 6.10. The van der Waals surface area contributed by atoms with Gasteiger partial charge in [0.15, 0.2) is 5.82 Å². The van der Waals surface area contributed by atoms with E-state index in [-0.39, 0.29) is 12.1 Å². The molecular weight excluding hydrogens is 396 g/mol. The van der Waals surface area contributed by atoms with Crippen LogP contribution in [0, 0.1) is 0 Å². The highest BCUT2D eigenvalue weighted by Gasteiger charge is 2.33. The lowest BCUT2D eigenvalue weighted by Gasteiger charge is -2.39. The molecule has 168 valence electrons. The van der Waals surface area contributed by atoms with Crippen LogP contribution in [0.4, 0.5) is 0 Å². The van der Waals surface area contributed by atoms with Crippen molar-refractivity contribution in [3.63, 3.8) is 0 Å². The van der Waals surface area contributed by atoms with Gasteiger partial charge in [-0.2, -0.15) is 0 Å². The van der Waals surface area contributed by atoms with Crippen LogP contribution < -0.4 is 9.47 Å². The lowest BCUT2D eigenvalue weighted by Crippen LogP contribution is -2.48. The first-order valence-corrected chi connectivity index (χ1v) is 10.9. The van der Waals surface area contributed by atoms with Crippen LogP contribution in [-0.2, 0) is 11.3 Å². The van der Waals surface area contributed by atoms with Crippen LogP contribution in [0.1, 0.15) is 30.3 Å². The van der Waals surface area contributed by atoms with E-state index in [9.17, 15) is 0 Å². The fraction of sp³-hybridized carbons (Fsp3) is 0.591. The molecule has 0 radical (unpaired) electrons. The Hall–Kier alpha value is -2.49. The standard InChI is InChI=1S/C22H32N6O3/c1-4-9-26-10-12-27(13-11-26)21(19-8-7-17(29-2)15-20(19)30-3)22-23-24-25-28(22)16-18-6-5-14-31-18/h4,7-8,15,18,21H,1,5-6,9-14,16H2,2-3H3/t18-,21-/m1/s1. The number of hydrogen-bond donors (Lipinski definition) is 0. The summed E-state index contributed by atoms with van der Waals surface area (Å²) in [5, 5.41) is 12.8. The summed E-state index contributed by atoms with van der Waals surface area (Å²) in [5.41, 5.74) is 1.03. The zero-order chi connectivity index (χ0) is 21.6. The van der Waals surface area contributed by atoms with E-state index in [0.29, 0.717) is 6.54 Å². The molecule has 0 amide bonds. The van der Waals surface area contributed by atoms with Gasteiger partial charge < -0.3 is 14.2 Å². The molecule has 3 heterocycles. The summed E-state index contributed by atoms with van der Waals surface area (Å²) in [5.74, 6) is 2.34. The molecule has 0 saturated carbocycles. The monoisotopic (exact) mass is 428 g/mol. The van der Waals surface area contributed by atoms with Crippen molar-refractivity contribution in [1.29, 1.82) is 0 Å². The number of piperazine rings is 1. The highest BCUT2D eigenvalue weighted by molar-refractivity contribution is 5.44. The van der Waals surface area contributed by atoms with E-state index in [1.807, 2.05) is 22.9 Å². The number of hydrogen-bond acceptors (Lipinski definition) is 8. The quantitative estimate of drug-likeness (QED) is 0.559. The van der Waals surface area contributed by atoms with Gasteiger partial charge >= 0.3 is 0 Å². The summed E-state index contributed by atoms with van der Waals surface area (Å²) >= 11 is 0. The first-order valence-electron chi connectivity index (χ1n) is 10.9. The Bertz CT molecular complexity index is 859. The molecular formula is C22H32N6O3. The van der Waals surface area contributed by atoms with Gasteiger partial charge in [0.05, 0.1) is 26.9 Å². The molecule has 1 aromatic carbocycles. The van der Waals surface area contributed by atoms with Crippen molar-refractivity contribution in [3.8, 4) is 11.5 Å². The van der Waals surface area contributed by atoms with Crippen molar-refractivity contribution in [3.05, 3.63) is 42.2 Å². The van der Waals surface area contributed by atoms with Crippen LogP contribution >= 0.6 is 0 Å². The number of rotatable bonds is 9. The Kier molecular flexibility index (Phi) is 7.16. The van der Waals surface area contributed by atoms with E-state index in [1.54, 1.807) is 14.2 Å². The summed E-state index contributed by atoms with van der Waals surface area (Å²) < 4.78 is 18.9. The topological polar surface area (TPSA) is 77.8 Å². The largest absolute Gasteiger partial charge is 0.497 e. The minimum Gasteiger partial charge on any atom is -0.497 e. The minimum atomic E-state index is -0.122. The van der Waals surface area contributed by atoms with Crippen LogP contribution in [0.2, 0.25) is 0 Å². The Balaban J connectivity index is 1.67. The van der Waals surface area contributed by atoms with Crippen LogP contribution in [0.3, 0.4) is 0 Å². The summed E-state index contributed by atoms with van der Waals surface area (Å²) in [6.07, 6.45) is 4.24. The molecule has 31 heavy (non-hydrogen) atoms. The van der Waals surface area contributed by atoms with Crippen LogP contribution in [0.25, 0.3) is 0 Å². The van der Waals surface area contributed by atoms with Crippen molar-refractivity contribution in [2.24, 2.45) is 0 Å². The van der Waals surface area contributed by atoms with E-state index in [4.69, 9.17) is 14.2 Å². The number of methoxy groups -OCH3 is 2. The van der Waals surface area contributed by atoms with E-state index in [0.717, 1.165) is 75.1 Å². The summed E-state index contributed by atoms with van der Waals surface area (Å²) in [6, 6.07) is 5.82. The SMILES string of the molecule is C=CCN1CCN([C@H](c2ccc(OC)cc2OC)c2nnnn2C[C@H]2CCCO2)CC1. The molecule has 2 fully saturated rings. The van der Waals surface area contributed by atoms with Crippen molar-refractivity contribution in [2.45, 2.75) is 31.5 Å². The first kappa shape index (κ1) is 21.7. The fourth-order valence-corrected chi connectivity index (χ4v) is 4.45. The number of nitrogens with zero attached hydrogens (tertiary/aromatic N) is 6. The van der Waals surface area contributed by atoms with E-state index in [1.165, 1.54) is 0 Å². The van der Waals surface area contributed by atoms with E-state index < -0.39 is 0 Å². The van der Waals surface area contributed by atoms with E-state index >= 15 is 0 Å². The zero-order valence-corrected chi connectivity index (χ0v) is 18.4. The fourth-order valence-electron chi connectivity index (χ4n) is 4.45. The van der Waals surface area contributed by atoms with Crippen LogP contribution in [0.15, 0.2) is 30.9 Å². The lowest BCUT2D eigenvalue weighted by atomic mass is 10.0. The normalized spacial score (nSPS) is 21.2. The molecule has 2 aliphatic heterocycles. The molecule has 0 bridgehead atoms. The molecule has 0 spiro atoms. The van der Waals surface area contributed by atoms with Gasteiger partial charge in [-0.1, -0.05) is 6.08 Å². The number of aromatic nitrogens is 4. The second kappa shape index (κ2) is 10.2. The van der Waals surface area contributed by atoms with Gasteiger partial charge in [0.2, 0.25) is 0 Å². The predicted molar refractivity (Wildman–Crippen MR) is 116 cm³/mol. The molecule has 0 aliphatic carbocycles. The van der Waals surface area contributed by atoms with Gasteiger partial charge in [0, 0.05) is 51.0 Å². The highest BCUT2D eigenvalue weighted by atomic mass is 16.5. The second-order valence-electron chi connectivity index (χ2n) is 7.99. The van der Waals surface area contributed by atoms with Gasteiger partial charge in [-0.25, -0.2) is 4.68 Å². The number of tetrazole rings is 1. The maximum Gasteiger partial charge on any atom is 0.173 e. The average molecular weight is 429 g/mol. The van der Waals surface area contributed by atoms with Crippen molar-refractivity contribution in [1.82, 2.24) is 30.0 Å². The molecule has 2 saturated heterocycles. The Morgan fingerprint density at radius 1 is 1.23 bits per heavy atom. The third-order valence-electron chi connectivity index (χ3n) is 6.10. The predicted octanol–water partition coefficient (Wildman–Crippen LogP) is 1.76. The van der Waals surface area contributed by atoms with Crippen LogP contribution in [-0.4, -0.2) is 89.7 Å². The maximum absolute atomic E-state index is 5.84. The zero-order valence-electron chi connectivity index (χ0n) is 18.4. The molecule has 9 heteroatoms. The van der Waals surface area contributed by atoms with Gasteiger partial charge in [0.1, 0.15) is 17.5 Å². The molecule has 9 nitrogen and oxygen atoms in total. The molecule has 0 unspecified atom stereocenters. The average Bonchev–Trinajstić information content (AvgIpc) is 3.48.